The van der Waals surface area contributed by atoms with Crippen LogP contribution < -0.4 is 5.32 Å². The van der Waals surface area contributed by atoms with Crippen LogP contribution in [0.4, 0.5) is 0 Å². The lowest BCUT2D eigenvalue weighted by atomic mass is 10.1. The summed E-state index contributed by atoms with van der Waals surface area (Å²) in [6, 6.07) is 5.48. The van der Waals surface area contributed by atoms with E-state index in [4.69, 9.17) is 5.11 Å². The molecule has 0 unspecified atom stereocenters. The summed E-state index contributed by atoms with van der Waals surface area (Å²) in [5, 5.41) is 11.3. The monoisotopic (exact) mass is 313 g/mol. The van der Waals surface area contributed by atoms with Crippen molar-refractivity contribution in [3.63, 3.8) is 0 Å². The van der Waals surface area contributed by atoms with Gasteiger partial charge in [-0.2, -0.15) is 0 Å². The number of carboxylic acids is 1. The van der Waals surface area contributed by atoms with Gasteiger partial charge in [-0.3, -0.25) is 9.59 Å². The van der Waals surface area contributed by atoms with Crippen molar-refractivity contribution >= 4 is 27.8 Å². The molecular formula is C13H16BrNO3. The third kappa shape index (κ3) is 4.87. The van der Waals surface area contributed by atoms with Crippen molar-refractivity contribution in [2.75, 3.05) is 6.54 Å². The van der Waals surface area contributed by atoms with Crippen LogP contribution in [0.3, 0.4) is 0 Å². The Bertz CT molecular complexity index is 446. The first kappa shape index (κ1) is 14.7. The fraction of sp³-hybridized carbons (Fsp3) is 0.385. The lowest BCUT2D eigenvalue weighted by molar-refractivity contribution is -0.137. The Morgan fingerprint density at radius 2 is 2.06 bits per heavy atom. The van der Waals surface area contributed by atoms with Gasteiger partial charge in [0.05, 0.1) is 0 Å². The van der Waals surface area contributed by atoms with Gasteiger partial charge >= 0.3 is 5.97 Å². The first-order valence-corrected chi connectivity index (χ1v) is 6.56. The van der Waals surface area contributed by atoms with Crippen LogP contribution in [0, 0.1) is 6.92 Å². The molecule has 0 aliphatic heterocycles. The SMILES string of the molecule is Cc1cc(Br)ccc1C(=O)NCCCCC(=O)O. The van der Waals surface area contributed by atoms with Crippen LogP contribution in [0.25, 0.3) is 0 Å². The van der Waals surface area contributed by atoms with E-state index in [9.17, 15) is 9.59 Å². The van der Waals surface area contributed by atoms with Gasteiger partial charge in [-0.05, 0) is 43.5 Å². The van der Waals surface area contributed by atoms with Crippen LogP contribution in [0.15, 0.2) is 22.7 Å². The van der Waals surface area contributed by atoms with Gasteiger partial charge in [-0.25, -0.2) is 0 Å². The Kier molecular flexibility index (Phi) is 5.85. The van der Waals surface area contributed by atoms with E-state index in [1.807, 2.05) is 19.1 Å². The number of hydrogen-bond donors (Lipinski definition) is 2. The molecule has 0 saturated heterocycles. The average molecular weight is 314 g/mol. The molecule has 0 radical (unpaired) electrons. The van der Waals surface area contributed by atoms with Gasteiger partial charge in [0.1, 0.15) is 0 Å². The van der Waals surface area contributed by atoms with Crippen LogP contribution in [-0.2, 0) is 4.79 Å². The van der Waals surface area contributed by atoms with Gasteiger partial charge in [-0.1, -0.05) is 15.9 Å². The van der Waals surface area contributed by atoms with Crippen LogP contribution >= 0.6 is 15.9 Å². The number of hydrogen-bond acceptors (Lipinski definition) is 2. The molecule has 0 fully saturated rings. The Morgan fingerprint density at radius 3 is 2.67 bits per heavy atom. The molecule has 0 spiro atoms. The molecule has 1 amide bonds. The summed E-state index contributed by atoms with van der Waals surface area (Å²) in [6.45, 7) is 2.38. The number of rotatable bonds is 6. The summed E-state index contributed by atoms with van der Waals surface area (Å²) in [7, 11) is 0. The molecule has 5 heteroatoms. The zero-order valence-corrected chi connectivity index (χ0v) is 11.8. The molecule has 1 rings (SSSR count). The van der Waals surface area contributed by atoms with E-state index in [2.05, 4.69) is 21.2 Å². The van der Waals surface area contributed by atoms with E-state index in [-0.39, 0.29) is 12.3 Å². The highest BCUT2D eigenvalue weighted by Gasteiger charge is 2.08. The maximum atomic E-state index is 11.8. The fourth-order valence-corrected chi connectivity index (χ4v) is 2.06. The van der Waals surface area contributed by atoms with Crippen LogP contribution in [0.1, 0.15) is 35.2 Å². The van der Waals surface area contributed by atoms with Crippen molar-refractivity contribution < 1.29 is 14.7 Å². The van der Waals surface area contributed by atoms with Crippen molar-refractivity contribution in [1.29, 1.82) is 0 Å². The van der Waals surface area contributed by atoms with Crippen molar-refractivity contribution in [3.05, 3.63) is 33.8 Å². The molecule has 0 aliphatic carbocycles. The fourth-order valence-electron chi connectivity index (χ4n) is 1.58. The number of amides is 1. The minimum atomic E-state index is -0.801. The topological polar surface area (TPSA) is 66.4 Å². The number of aryl methyl sites for hydroxylation is 1. The zero-order valence-electron chi connectivity index (χ0n) is 10.2. The number of aliphatic carboxylic acids is 1. The largest absolute Gasteiger partial charge is 0.481 e. The highest BCUT2D eigenvalue weighted by molar-refractivity contribution is 9.10. The van der Waals surface area contributed by atoms with E-state index in [0.29, 0.717) is 24.9 Å². The van der Waals surface area contributed by atoms with Crippen molar-refractivity contribution in [2.45, 2.75) is 26.2 Å². The van der Waals surface area contributed by atoms with E-state index >= 15 is 0 Å². The summed E-state index contributed by atoms with van der Waals surface area (Å²) in [4.78, 5) is 22.1. The third-order valence-electron chi connectivity index (χ3n) is 2.54. The summed E-state index contributed by atoms with van der Waals surface area (Å²) >= 11 is 3.34. The Hall–Kier alpha value is -1.36. The molecule has 0 saturated carbocycles. The number of carbonyl (C=O) groups is 2. The second kappa shape index (κ2) is 7.16. The van der Waals surface area contributed by atoms with Crippen LogP contribution in [0.5, 0.6) is 0 Å². The Morgan fingerprint density at radius 1 is 1.33 bits per heavy atom. The number of carboxylic acid groups (broad SMARTS) is 1. The van der Waals surface area contributed by atoms with E-state index in [1.54, 1.807) is 6.07 Å². The Balaban J connectivity index is 2.39. The predicted molar refractivity (Wildman–Crippen MR) is 72.7 cm³/mol. The summed E-state index contributed by atoms with van der Waals surface area (Å²) in [6.07, 6.45) is 1.40. The second-order valence-corrected chi connectivity index (χ2v) is 4.98. The van der Waals surface area contributed by atoms with Crippen molar-refractivity contribution in [3.8, 4) is 0 Å². The van der Waals surface area contributed by atoms with E-state index in [1.165, 1.54) is 0 Å². The molecule has 4 nitrogen and oxygen atoms in total. The maximum absolute atomic E-state index is 11.8. The third-order valence-corrected chi connectivity index (χ3v) is 3.03. The predicted octanol–water partition coefficient (Wildman–Crippen LogP) is 2.74. The van der Waals surface area contributed by atoms with Crippen LogP contribution in [0.2, 0.25) is 0 Å². The summed E-state index contributed by atoms with van der Waals surface area (Å²) < 4.78 is 0.943. The van der Waals surface area contributed by atoms with Gasteiger partial charge in [0.25, 0.3) is 5.91 Å². The lowest BCUT2D eigenvalue weighted by Crippen LogP contribution is -2.25. The molecule has 0 heterocycles. The van der Waals surface area contributed by atoms with Gasteiger partial charge in [-0.15, -0.1) is 0 Å². The highest BCUT2D eigenvalue weighted by Crippen LogP contribution is 2.15. The quantitative estimate of drug-likeness (QED) is 0.794. The van der Waals surface area contributed by atoms with E-state index in [0.717, 1.165) is 10.0 Å². The summed E-state index contributed by atoms with van der Waals surface area (Å²) in [5.41, 5.74) is 1.56. The normalized spacial score (nSPS) is 10.1. The van der Waals surface area contributed by atoms with Crippen LogP contribution in [-0.4, -0.2) is 23.5 Å². The minimum absolute atomic E-state index is 0.115. The number of nitrogens with one attached hydrogen (secondary N) is 1. The molecule has 0 bridgehead atoms. The average Bonchev–Trinajstić information content (AvgIpc) is 2.27. The zero-order chi connectivity index (χ0) is 13.5. The number of unbranched alkanes of at least 4 members (excludes halogenated alkanes) is 1. The first-order valence-electron chi connectivity index (χ1n) is 5.77. The highest BCUT2D eigenvalue weighted by atomic mass is 79.9. The number of carbonyl (C=O) groups excluding carboxylic acids is 1. The van der Waals surface area contributed by atoms with Crippen molar-refractivity contribution in [2.24, 2.45) is 0 Å². The second-order valence-electron chi connectivity index (χ2n) is 4.07. The first-order chi connectivity index (χ1) is 8.50. The smallest absolute Gasteiger partial charge is 0.303 e. The number of benzene rings is 1. The number of halogens is 1. The van der Waals surface area contributed by atoms with Gasteiger partial charge < -0.3 is 10.4 Å². The van der Waals surface area contributed by atoms with E-state index < -0.39 is 5.97 Å². The molecule has 2 N–H and O–H groups in total. The molecule has 0 aromatic heterocycles. The minimum Gasteiger partial charge on any atom is -0.481 e. The molecule has 1 aromatic rings. The standard InChI is InChI=1S/C13H16BrNO3/c1-9-8-10(14)5-6-11(9)13(18)15-7-3-2-4-12(16)17/h5-6,8H,2-4,7H2,1H3,(H,15,18)(H,16,17). The molecule has 0 atom stereocenters. The maximum Gasteiger partial charge on any atom is 0.303 e. The van der Waals surface area contributed by atoms with Gasteiger partial charge in [0.15, 0.2) is 0 Å². The molecule has 0 aliphatic rings. The molecule has 1 aromatic carbocycles. The molecule has 18 heavy (non-hydrogen) atoms. The van der Waals surface area contributed by atoms with Crippen molar-refractivity contribution in [1.82, 2.24) is 5.32 Å². The molecular weight excluding hydrogens is 298 g/mol. The lowest BCUT2D eigenvalue weighted by Gasteiger charge is -2.07. The Labute approximate surface area is 115 Å². The van der Waals surface area contributed by atoms with Gasteiger partial charge in [0, 0.05) is 23.0 Å². The van der Waals surface area contributed by atoms with Gasteiger partial charge in [0.2, 0.25) is 0 Å². The summed E-state index contributed by atoms with van der Waals surface area (Å²) in [5.74, 6) is -0.916. The molecule has 98 valence electrons.